The van der Waals surface area contributed by atoms with Crippen LogP contribution in [0.5, 0.6) is 0 Å². The van der Waals surface area contributed by atoms with Gasteiger partial charge in [-0.3, -0.25) is 14.7 Å². The Bertz CT molecular complexity index is 891. The number of hydrogen-bond acceptors (Lipinski definition) is 4. The number of hydrogen-bond donors (Lipinski definition) is 1. The first-order valence-corrected chi connectivity index (χ1v) is 9.54. The number of halogens is 1. The molecular formula is C20H21BrN4O. The van der Waals surface area contributed by atoms with Crippen molar-refractivity contribution in [2.24, 2.45) is 10.7 Å². The largest absolute Gasteiger partial charge is 0.369 e. The first kappa shape index (κ1) is 17.2. The number of guanidine groups is 1. The molecule has 134 valence electrons. The maximum absolute atomic E-state index is 13.2. The van der Waals surface area contributed by atoms with Crippen LogP contribution in [0.3, 0.4) is 0 Å². The minimum atomic E-state index is -0.863. The van der Waals surface area contributed by atoms with Gasteiger partial charge >= 0.3 is 0 Å². The van der Waals surface area contributed by atoms with E-state index in [0.717, 1.165) is 10.0 Å². The van der Waals surface area contributed by atoms with Gasteiger partial charge in [0.1, 0.15) is 5.54 Å². The fourth-order valence-electron chi connectivity index (χ4n) is 3.66. The van der Waals surface area contributed by atoms with Crippen LogP contribution >= 0.6 is 15.9 Å². The molecule has 1 aromatic heterocycles. The molecule has 0 radical (unpaired) electrons. The third-order valence-electron chi connectivity index (χ3n) is 5.39. The Labute approximate surface area is 161 Å². The van der Waals surface area contributed by atoms with Crippen molar-refractivity contribution in [2.75, 3.05) is 7.05 Å². The van der Waals surface area contributed by atoms with Crippen molar-refractivity contribution in [3.8, 4) is 0 Å². The third kappa shape index (κ3) is 2.82. The zero-order valence-electron chi connectivity index (χ0n) is 14.8. The highest BCUT2D eigenvalue weighted by Crippen LogP contribution is 2.45. The summed E-state index contributed by atoms with van der Waals surface area (Å²) in [6.45, 7) is 1.93. The average Bonchev–Trinajstić information content (AvgIpc) is 3.46. The summed E-state index contributed by atoms with van der Waals surface area (Å²) in [4.78, 5) is 23.8. The lowest BCUT2D eigenvalue weighted by Crippen LogP contribution is -2.52. The quantitative estimate of drug-likeness (QED) is 0.837. The zero-order chi connectivity index (χ0) is 18.5. The minimum Gasteiger partial charge on any atom is -0.369 e. The number of likely N-dealkylation sites (N-methyl/N-ethyl adjacent to an activating group) is 1. The van der Waals surface area contributed by atoms with Gasteiger partial charge in [-0.15, -0.1) is 0 Å². The average molecular weight is 413 g/mol. The molecule has 2 aliphatic rings. The van der Waals surface area contributed by atoms with Crippen LogP contribution in [0.15, 0.2) is 52.1 Å². The molecular weight excluding hydrogens is 392 g/mol. The van der Waals surface area contributed by atoms with Crippen LogP contribution in [-0.2, 0) is 10.3 Å². The lowest BCUT2D eigenvalue weighted by Gasteiger charge is -2.40. The van der Waals surface area contributed by atoms with Crippen molar-refractivity contribution < 1.29 is 4.79 Å². The number of carbonyl (C=O) groups is 1. The number of amides is 1. The molecule has 0 unspecified atom stereocenters. The van der Waals surface area contributed by atoms with Crippen molar-refractivity contribution in [2.45, 2.75) is 37.1 Å². The molecule has 1 fully saturated rings. The van der Waals surface area contributed by atoms with E-state index in [1.807, 2.05) is 19.1 Å². The van der Waals surface area contributed by atoms with Crippen LogP contribution in [-0.4, -0.2) is 28.8 Å². The predicted octanol–water partition coefficient (Wildman–Crippen LogP) is 3.51. The summed E-state index contributed by atoms with van der Waals surface area (Å²) in [6.07, 6.45) is 4.22. The molecule has 1 aliphatic heterocycles. The van der Waals surface area contributed by atoms with Crippen LogP contribution in [0.1, 0.15) is 48.4 Å². The molecule has 2 aromatic rings. The van der Waals surface area contributed by atoms with Gasteiger partial charge in [0.15, 0.2) is 5.96 Å². The molecule has 2 N–H and O–H groups in total. The predicted molar refractivity (Wildman–Crippen MR) is 105 cm³/mol. The Balaban J connectivity index is 1.84. The van der Waals surface area contributed by atoms with Crippen molar-refractivity contribution in [1.82, 2.24) is 9.88 Å². The molecule has 4 rings (SSSR count). The van der Waals surface area contributed by atoms with E-state index in [-0.39, 0.29) is 11.9 Å². The number of rotatable bonds is 3. The highest BCUT2D eigenvalue weighted by atomic mass is 79.9. The Morgan fingerprint density at radius 3 is 2.46 bits per heavy atom. The van der Waals surface area contributed by atoms with Gasteiger partial charge in [-0.1, -0.05) is 40.2 Å². The Kier molecular flexibility index (Phi) is 4.10. The zero-order valence-corrected chi connectivity index (χ0v) is 16.4. The van der Waals surface area contributed by atoms with Gasteiger partial charge in [0.2, 0.25) is 5.91 Å². The molecule has 2 heterocycles. The number of carbonyl (C=O) groups excluding carboxylic acids is 1. The van der Waals surface area contributed by atoms with Gasteiger partial charge in [-0.2, -0.15) is 0 Å². The third-order valence-corrected chi connectivity index (χ3v) is 5.88. The number of aliphatic imine (C=N–C) groups is 1. The van der Waals surface area contributed by atoms with Gasteiger partial charge in [0.25, 0.3) is 0 Å². The first-order chi connectivity index (χ1) is 12.4. The highest BCUT2D eigenvalue weighted by molar-refractivity contribution is 9.10. The van der Waals surface area contributed by atoms with Crippen molar-refractivity contribution in [3.63, 3.8) is 0 Å². The molecule has 2 atom stereocenters. The van der Waals surface area contributed by atoms with Crippen molar-refractivity contribution >= 4 is 27.8 Å². The summed E-state index contributed by atoms with van der Waals surface area (Å²) < 4.78 is 0.895. The second-order valence-corrected chi connectivity index (χ2v) is 8.16. The van der Waals surface area contributed by atoms with E-state index in [0.29, 0.717) is 11.6 Å². The van der Waals surface area contributed by atoms with Gasteiger partial charge < -0.3 is 5.73 Å². The Morgan fingerprint density at radius 1 is 1.19 bits per heavy atom. The molecule has 0 spiro atoms. The van der Waals surface area contributed by atoms with E-state index >= 15 is 0 Å². The maximum Gasteiger partial charge on any atom is 0.239 e. The fourth-order valence-corrected chi connectivity index (χ4v) is 3.99. The van der Waals surface area contributed by atoms with E-state index in [2.05, 4.69) is 45.2 Å². The molecule has 0 saturated heterocycles. The van der Waals surface area contributed by atoms with Gasteiger partial charge in [-0.05, 0) is 48.9 Å². The van der Waals surface area contributed by atoms with E-state index in [1.165, 1.54) is 23.3 Å². The molecule has 6 heteroatoms. The van der Waals surface area contributed by atoms with Crippen molar-refractivity contribution in [3.05, 3.63) is 63.9 Å². The number of aromatic nitrogens is 1. The van der Waals surface area contributed by atoms with E-state index in [1.54, 1.807) is 13.2 Å². The number of benzene rings is 1. The highest BCUT2D eigenvalue weighted by Gasteiger charge is 2.48. The van der Waals surface area contributed by atoms with Crippen LogP contribution < -0.4 is 5.73 Å². The van der Waals surface area contributed by atoms with E-state index in [9.17, 15) is 4.79 Å². The van der Waals surface area contributed by atoms with Crippen LogP contribution in [0.2, 0.25) is 0 Å². The SMILES string of the molecule is CN1C(=O)[C@H](c2ccc(C3CC3)cc2)[C@@](C)(c2cc(Br)ccn2)N=C1N. The van der Waals surface area contributed by atoms with Gasteiger partial charge in [-0.25, -0.2) is 4.99 Å². The van der Waals surface area contributed by atoms with Crippen LogP contribution in [0.4, 0.5) is 0 Å². The first-order valence-electron chi connectivity index (χ1n) is 8.75. The van der Waals surface area contributed by atoms with Crippen molar-refractivity contribution in [1.29, 1.82) is 0 Å². The van der Waals surface area contributed by atoms with Crippen LogP contribution in [0, 0.1) is 0 Å². The summed E-state index contributed by atoms with van der Waals surface area (Å²) in [5, 5.41) is 0. The number of pyridine rings is 1. The van der Waals surface area contributed by atoms with Gasteiger partial charge in [0, 0.05) is 17.7 Å². The Morgan fingerprint density at radius 2 is 1.85 bits per heavy atom. The lowest BCUT2D eigenvalue weighted by molar-refractivity contribution is -0.130. The van der Waals surface area contributed by atoms with Crippen LogP contribution in [0.25, 0.3) is 0 Å². The maximum atomic E-state index is 13.2. The smallest absolute Gasteiger partial charge is 0.239 e. The fraction of sp³-hybridized carbons (Fsp3) is 0.350. The molecule has 1 aliphatic carbocycles. The molecule has 1 aromatic carbocycles. The molecule has 5 nitrogen and oxygen atoms in total. The number of nitrogens with two attached hydrogens (primary N) is 1. The lowest BCUT2D eigenvalue weighted by atomic mass is 9.76. The molecule has 0 bridgehead atoms. The normalized spacial score (nSPS) is 26.0. The summed E-state index contributed by atoms with van der Waals surface area (Å²) in [5.41, 5.74) is 8.18. The van der Waals surface area contributed by atoms with E-state index in [4.69, 9.17) is 10.7 Å². The minimum absolute atomic E-state index is 0.0686. The molecule has 1 saturated carbocycles. The standard InChI is InChI=1S/C20H21BrN4O/c1-20(16-11-15(21)9-10-23-16)17(18(26)25(2)19(22)24-20)14-7-5-13(6-8-14)12-3-4-12/h5-12,17H,3-4H2,1-2H3,(H2,22,24)/t17-,20+/m0/s1. The topological polar surface area (TPSA) is 71.6 Å². The monoisotopic (exact) mass is 412 g/mol. The summed E-state index contributed by atoms with van der Waals surface area (Å²) in [5.74, 6) is 0.349. The molecule has 26 heavy (non-hydrogen) atoms. The second kappa shape index (κ2) is 6.20. The van der Waals surface area contributed by atoms with Gasteiger partial charge in [0.05, 0.1) is 11.6 Å². The Hall–Kier alpha value is -2.21. The summed E-state index contributed by atoms with van der Waals surface area (Å²) in [7, 11) is 1.67. The molecule has 1 amide bonds. The number of nitrogens with zero attached hydrogens (tertiary/aromatic N) is 3. The summed E-state index contributed by atoms with van der Waals surface area (Å²) >= 11 is 3.49. The second-order valence-electron chi connectivity index (χ2n) is 7.25. The summed E-state index contributed by atoms with van der Waals surface area (Å²) in [6, 6.07) is 12.1. The van der Waals surface area contributed by atoms with E-state index < -0.39 is 11.5 Å².